The van der Waals surface area contributed by atoms with Gasteiger partial charge < -0.3 is 10.1 Å². The van der Waals surface area contributed by atoms with E-state index in [0.29, 0.717) is 33.5 Å². The number of ether oxygens (including phenoxy) is 1. The van der Waals surface area contributed by atoms with E-state index in [1.165, 1.54) is 12.3 Å². The summed E-state index contributed by atoms with van der Waals surface area (Å²) in [7, 11) is -5.71. The first-order valence-corrected chi connectivity index (χ1v) is 12.7. The number of anilines is 1. The van der Waals surface area contributed by atoms with Crippen LogP contribution in [0.25, 0.3) is 10.9 Å². The zero-order chi connectivity index (χ0) is 29.5. The van der Waals surface area contributed by atoms with Crippen molar-refractivity contribution >= 4 is 44.3 Å². The second-order valence-electron chi connectivity index (χ2n) is 8.64. The number of nitrogens with one attached hydrogen (secondary N) is 1. The van der Waals surface area contributed by atoms with E-state index in [2.05, 4.69) is 15.0 Å². The molecule has 1 atom stereocenters. The number of hydrogen-bond acceptors (Lipinski definition) is 7. The number of hydrogen-bond donors (Lipinski definition) is 1. The van der Waals surface area contributed by atoms with E-state index in [4.69, 9.17) is 0 Å². The van der Waals surface area contributed by atoms with E-state index in [1.807, 2.05) is 0 Å². The number of fused-ring (bicyclic) bond motifs is 1. The molecule has 2 heterocycles. The van der Waals surface area contributed by atoms with Crippen LogP contribution in [-0.2, 0) is 30.6 Å². The molecular formula is C24H17F6N3O6S. The van der Waals surface area contributed by atoms with Gasteiger partial charge in [0.1, 0.15) is 5.54 Å². The SMILES string of the molecule is O=C1N[C@@](CCOC(=O)C(F)(F)F)(Cc2ccnc3ccccc23)C(=O)N1c1ccc(S(=O)(=O)C(F)(F)F)cc1. The summed E-state index contributed by atoms with van der Waals surface area (Å²) in [6.45, 7) is -0.927. The number of amides is 3. The van der Waals surface area contributed by atoms with Crippen LogP contribution >= 0.6 is 0 Å². The van der Waals surface area contributed by atoms with Gasteiger partial charge in [0.15, 0.2) is 0 Å². The molecule has 0 bridgehead atoms. The molecule has 3 amide bonds. The number of urea groups is 1. The molecule has 9 nitrogen and oxygen atoms in total. The highest BCUT2D eigenvalue weighted by molar-refractivity contribution is 7.92. The molecule has 0 unspecified atom stereocenters. The molecule has 0 saturated carbocycles. The van der Waals surface area contributed by atoms with Crippen LogP contribution in [0.1, 0.15) is 12.0 Å². The molecule has 40 heavy (non-hydrogen) atoms. The minimum Gasteiger partial charge on any atom is -0.459 e. The topological polar surface area (TPSA) is 123 Å². The Bertz CT molecular complexity index is 1590. The molecule has 1 aliphatic heterocycles. The van der Waals surface area contributed by atoms with Crippen molar-refractivity contribution in [3.05, 3.63) is 66.4 Å². The number of benzene rings is 2. The normalized spacial score (nSPS) is 18.2. The Balaban J connectivity index is 1.70. The standard InChI is InChI=1S/C24H17F6N3O6S/c25-23(26,27)20(35)39-12-10-22(13-14-9-11-31-18-4-2-1-3-17(14)18)19(34)33(21(36)32-22)15-5-7-16(8-6-15)40(37,38)24(28,29)30/h1-9,11H,10,12-13H2,(H,32,36)/t22-/m0/s1. The summed E-state index contributed by atoms with van der Waals surface area (Å²) in [6, 6.07) is 9.83. The molecule has 0 radical (unpaired) electrons. The van der Waals surface area contributed by atoms with Crippen molar-refractivity contribution in [1.82, 2.24) is 10.3 Å². The fourth-order valence-corrected chi connectivity index (χ4v) is 4.94. The number of pyridine rings is 1. The number of carbonyl (C=O) groups excluding carboxylic acids is 3. The zero-order valence-electron chi connectivity index (χ0n) is 19.9. The van der Waals surface area contributed by atoms with Crippen LogP contribution < -0.4 is 10.2 Å². The number of alkyl halides is 6. The average Bonchev–Trinajstić information content (AvgIpc) is 3.12. The van der Waals surface area contributed by atoms with Gasteiger partial charge in [-0.05, 0) is 42.0 Å². The maximum Gasteiger partial charge on any atom is 0.501 e. The number of carbonyl (C=O) groups is 3. The van der Waals surface area contributed by atoms with Crippen LogP contribution in [0.3, 0.4) is 0 Å². The quantitative estimate of drug-likeness (QED) is 0.251. The van der Waals surface area contributed by atoms with Gasteiger partial charge in [-0.2, -0.15) is 26.3 Å². The average molecular weight is 589 g/mol. The lowest BCUT2D eigenvalue weighted by atomic mass is 9.86. The van der Waals surface area contributed by atoms with E-state index in [-0.39, 0.29) is 12.1 Å². The lowest BCUT2D eigenvalue weighted by Crippen LogP contribution is -2.50. The van der Waals surface area contributed by atoms with Crippen LogP contribution in [0, 0.1) is 0 Å². The van der Waals surface area contributed by atoms with Gasteiger partial charge in [0.25, 0.3) is 15.7 Å². The zero-order valence-corrected chi connectivity index (χ0v) is 20.7. The molecule has 4 rings (SSSR count). The summed E-state index contributed by atoms with van der Waals surface area (Å²) < 4.78 is 104. The third-order valence-corrected chi connectivity index (χ3v) is 7.60. The van der Waals surface area contributed by atoms with Crippen molar-refractivity contribution in [1.29, 1.82) is 0 Å². The molecular weight excluding hydrogens is 572 g/mol. The van der Waals surface area contributed by atoms with Crippen molar-refractivity contribution < 1.29 is 53.9 Å². The third-order valence-electron chi connectivity index (χ3n) is 6.10. The number of esters is 1. The van der Waals surface area contributed by atoms with Crippen LogP contribution in [0.4, 0.5) is 36.8 Å². The van der Waals surface area contributed by atoms with Crippen molar-refractivity contribution in [2.24, 2.45) is 0 Å². The first-order chi connectivity index (χ1) is 18.6. The first-order valence-electron chi connectivity index (χ1n) is 11.2. The number of aromatic nitrogens is 1. The van der Waals surface area contributed by atoms with Gasteiger partial charge in [-0.25, -0.2) is 22.9 Å². The summed E-state index contributed by atoms with van der Waals surface area (Å²) in [6.07, 6.45) is -4.79. The smallest absolute Gasteiger partial charge is 0.459 e. The van der Waals surface area contributed by atoms with Gasteiger partial charge in [-0.3, -0.25) is 9.78 Å². The lowest BCUT2D eigenvalue weighted by Gasteiger charge is -2.27. The van der Waals surface area contributed by atoms with Crippen LogP contribution in [0.5, 0.6) is 0 Å². The van der Waals surface area contributed by atoms with Gasteiger partial charge in [0, 0.05) is 24.4 Å². The summed E-state index contributed by atoms with van der Waals surface area (Å²) in [5, 5.41) is 2.96. The first kappa shape index (κ1) is 28.8. The van der Waals surface area contributed by atoms with Crippen molar-refractivity contribution in [3.8, 4) is 0 Å². The van der Waals surface area contributed by atoms with Crippen LogP contribution in [0.2, 0.25) is 0 Å². The molecule has 1 aromatic heterocycles. The summed E-state index contributed by atoms with van der Waals surface area (Å²) in [4.78, 5) is 41.4. The van der Waals surface area contributed by atoms with Gasteiger partial charge >= 0.3 is 23.7 Å². The number of nitrogens with zero attached hydrogens (tertiary/aromatic N) is 2. The van der Waals surface area contributed by atoms with Gasteiger partial charge in [0.05, 0.1) is 22.7 Å². The molecule has 0 aliphatic carbocycles. The largest absolute Gasteiger partial charge is 0.501 e. The van der Waals surface area contributed by atoms with Crippen LogP contribution in [-0.4, -0.2) is 55.1 Å². The Kier molecular flexibility index (Phi) is 7.25. The van der Waals surface area contributed by atoms with E-state index in [1.54, 1.807) is 24.3 Å². The Labute approximate surface area is 221 Å². The Morgan fingerprint density at radius 1 is 0.975 bits per heavy atom. The molecule has 0 spiro atoms. The van der Waals surface area contributed by atoms with Gasteiger partial charge in [0.2, 0.25) is 0 Å². The Morgan fingerprint density at radius 3 is 2.25 bits per heavy atom. The number of imide groups is 1. The van der Waals surface area contributed by atoms with Crippen molar-refractivity contribution in [3.63, 3.8) is 0 Å². The minimum atomic E-state index is -5.71. The third kappa shape index (κ3) is 5.30. The van der Waals surface area contributed by atoms with Crippen LogP contribution in [0.15, 0.2) is 65.7 Å². The highest BCUT2D eigenvalue weighted by Gasteiger charge is 2.53. The predicted molar refractivity (Wildman–Crippen MR) is 126 cm³/mol. The Morgan fingerprint density at radius 2 is 1.62 bits per heavy atom. The van der Waals surface area contributed by atoms with Gasteiger partial charge in [-0.15, -0.1) is 0 Å². The van der Waals surface area contributed by atoms with E-state index in [0.717, 1.165) is 12.1 Å². The molecule has 1 aliphatic rings. The second kappa shape index (κ2) is 10.1. The highest BCUT2D eigenvalue weighted by Crippen LogP contribution is 2.35. The predicted octanol–water partition coefficient (Wildman–Crippen LogP) is 4.06. The lowest BCUT2D eigenvalue weighted by molar-refractivity contribution is -0.200. The fraction of sp³-hybridized carbons (Fsp3) is 0.250. The molecule has 3 aromatic rings. The van der Waals surface area contributed by atoms with E-state index >= 15 is 0 Å². The molecule has 212 valence electrons. The van der Waals surface area contributed by atoms with Gasteiger partial charge in [-0.1, -0.05) is 18.2 Å². The summed E-state index contributed by atoms with van der Waals surface area (Å²) in [5.41, 5.74) is -6.89. The number of para-hydroxylation sites is 1. The van der Waals surface area contributed by atoms with E-state index in [9.17, 15) is 49.1 Å². The molecule has 1 saturated heterocycles. The van der Waals surface area contributed by atoms with E-state index < -0.39 is 62.9 Å². The molecule has 2 aromatic carbocycles. The maximum absolute atomic E-state index is 13.7. The monoisotopic (exact) mass is 589 g/mol. The summed E-state index contributed by atoms with van der Waals surface area (Å²) >= 11 is 0. The number of halogens is 6. The number of sulfone groups is 1. The number of rotatable bonds is 7. The summed E-state index contributed by atoms with van der Waals surface area (Å²) in [5.74, 6) is -3.53. The van der Waals surface area contributed by atoms with Crippen molar-refractivity contribution in [2.45, 2.75) is 35.0 Å². The molecule has 16 heteroatoms. The Hall–Kier alpha value is -4.21. The molecule has 1 N–H and O–H groups in total. The van der Waals surface area contributed by atoms with Crippen molar-refractivity contribution in [2.75, 3.05) is 11.5 Å². The fourth-order valence-electron chi connectivity index (χ4n) is 4.17. The highest BCUT2D eigenvalue weighted by atomic mass is 32.2. The second-order valence-corrected chi connectivity index (χ2v) is 10.6. The minimum absolute atomic E-state index is 0.290. The molecule has 1 fully saturated rings. The maximum atomic E-state index is 13.7.